The van der Waals surface area contributed by atoms with Crippen molar-refractivity contribution in [2.75, 3.05) is 6.61 Å². The van der Waals surface area contributed by atoms with E-state index in [1.54, 1.807) is 6.07 Å². The highest BCUT2D eigenvalue weighted by molar-refractivity contribution is 5.23. The molecule has 0 N–H and O–H groups in total. The largest absolute Gasteiger partial charge is 0.463 e. The van der Waals surface area contributed by atoms with E-state index >= 15 is 0 Å². The Bertz CT molecular complexity index is 412. The van der Waals surface area contributed by atoms with E-state index in [1.807, 2.05) is 13.0 Å². The maximum Gasteiger partial charge on any atom is 0.317 e. The van der Waals surface area contributed by atoms with Gasteiger partial charge in [-0.2, -0.15) is 10.2 Å². The predicted octanol–water partition coefficient (Wildman–Crippen LogP) is 3.25. The number of aryl methyl sites for hydroxylation is 1. The number of aromatic nitrogens is 2. The number of nitrogens with zero attached hydrogens (tertiary/aromatic N) is 3. The molecule has 0 aliphatic heterocycles. The Morgan fingerprint density at radius 1 is 1.39 bits per heavy atom. The molecule has 1 aromatic rings. The van der Waals surface area contributed by atoms with Gasteiger partial charge in [0, 0.05) is 5.69 Å². The fourth-order valence-corrected chi connectivity index (χ4v) is 1.75. The lowest BCUT2D eigenvalue weighted by molar-refractivity contribution is 0.217. The molecule has 0 spiro atoms. The van der Waals surface area contributed by atoms with Crippen molar-refractivity contribution in [1.82, 2.24) is 9.97 Å². The van der Waals surface area contributed by atoms with E-state index in [0.717, 1.165) is 12.1 Å². The van der Waals surface area contributed by atoms with Crippen molar-refractivity contribution in [3.8, 4) is 12.1 Å². The Kier molecular flexibility index (Phi) is 6.13. The molecule has 0 radical (unpaired) electrons. The average molecular weight is 247 g/mol. The second-order valence-electron chi connectivity index (χ2n) is 4.52. The van der Waals surface area contributed by atoms with Crippen LogP contribution in [-0.4, -0.2) is 16.6 Å². The minimum Gasteiger partial charge on any atom is -0.463 e. The van der Waals surface area contributed by atoms with Crippen LogP contribution in [0.15, 0.2) is 6.07 Å². The predicted molar refractivity (Wildman–Crippen MR) is 70.3 cm³/mol. The molecule has 1 unspecified atom stereocenters. The van der Waals surface area contributed by atoms with Crippen molar-refractivity contribution in [3.05, 3.63) is 17.5 Å². The van der Waals surface area contributed by atoms with Crippen LogP contribution in [0, 0.1) is 24.2 Å². The van der Waals surface area contributed by atoms with E-state index in [2.05, 4.69) is 23.8 Å². The molecule has 4 heteroatoms. The summed E-state index contributed by atoms with van der Waals surface area (Å²) >= 11 is 0. The van der Waals surface area contributed by atoms with E-state index in [1.165, 1.54) is 19.3 Å². The Morgan fingerprint density at radius 3 is 2.78 bits per heavy atom. The molecule has 0 aliphatic carbocycles. The molecule has 98 valence electrons. The first-order valence-electron chi connectivity index (χ1n) is 6.58. The fraction of sp³-hybridized carbons (Fsp3) is 0.643. The van der Waals surface area contributed by atoms with Crippen molar-refractivity contribution >= 4 is 0 Å². The molecule has 4 nitrogen and oxygen atoms in total. The summed E-state index contributed by atoms with van der Waals surface area (Å²) < 4.78 is 5.61. The van der Waals surface area contributed by atoms with Gasteiger partial charge in [0.2, 0.25) is 0 Å². The topological polar surface area (TPSA) is 58.8 Å². The van der Waals surface area contributed by atoms with Gasteiger partial charge in [-0.15, -0.1) is 0 Å². The molecule has 0 saturated carbocycles. The van der Waals surface area contributed by atoms with Crippen molar-refractivity contribution < 1.29 is 4.74 Å². The number of hydrogen-bond donors (Lipinski definition) is 0. The van der Waals surface area contributed by atoms with Crippen LogP contribution < -0.4 is 4.74 Å². The Balaban J connectivity index is 2.56. The third-order valence-corrected chi connectivity index (χ3v) is 2.94. The van der Waals surface area contributed by atoms with Crippen LogP contribution in [0.1, 0.15) is 50.9 Å². The zero-order valence-electron chi connectivity index (χ0n) is 11.4. The van der Waals surface area contributed by atoms with Gasteiger partial charge in [-0.1, -0.05) is 33.1 Å². The third-order valence-electron chi connectivity index (χ3n) is 2.94. The van der Waals surface area contributed by atoms with Gasteiger partial charge >= 0.3 is 6.01 Å². The van der Waals surface area contributed by atoms with Crippen LogP contribution in [0.5, 0.6) is 6.01 Å². The number of rotatable bonds is 7. The summed E-state index contributed by atoms with van der Waals surface area (Å²) in [5.74, 6) is 0.541. The lowest BCUT2D eigenvalue weighted by Gasteiger charge is -2.14. The lowest BCUT2D eigenvalue weighted by atomic mass is 10.0. The highest BCUT2D eigenvalue weighted by Gasteiger charge is 2.09. The third kappa shape index (κ3) is 4.70. The van der Waals surface area contributed by atoms with Crippen LogP contribution in [-0.2, 0) is 0 Å². The van der Waals surface area contributed by atoms with E-state index in [-0.39, 0.29) is 0 Å². The molecule has 1 heterocycles. The molecule has 1 atom stereocenters. The van der Waals surface area contributed by atoms with E-state index in [0.29, 0.717) is 24.2 Å². The molecule has 0 bridgehead atoms. The maximum atomic E-state index is 8.83. The zero-order valence-corrected chi connectivity index (χ0v) is 11.4. The van der Waals surface area contributed by atoms with E-state index in [9.17, 15) is 0 Å². The normalized spacial score (nSPS) is 11.9. The number of nitriles is 1. The first-order valence-corrected chi connectivity index (χ1v) is 6.58. The SMILES string of the molecule is CCCCC(CC)COc1nc(C)cc(C#N)n1. The Morgan fingerprint density at radius 2 is 2.17 bits per heavy atom. The van der Waals surface area contributed by atoms with Gasteiger partial charge < -0.3 is 4.74 Å². The van der Waals surface area contributed by atoms with Crippen molar-refractivity contribution in [2.45, 2.75) is 46.5 Å². The zero-order chi connectivity index (χ0) is 13.4. The molecule has 0 aromatic carbocycles. The maximum absolute atomic E-state index is 8.83. The van der Waals surface area contributed by atoms with E-state index in [4.69, 9.17) is 10.00 Å². The lowest BCUT2D eigenvalue weighted by Crippen LogP contribution is -2.13. The minimum absolute atomic E-state index is 0.321. The number of hydrogen-bond acceptors (Lipinski definition) is 4. The van der Waals surface area contributed by atoms with Gasteiger partial charge in [-0.3, -0.25) is 0 Å². The summed E-state index contributed by atoms with van der Waals surface area (Å²) in [7, 11) is 0. The summed E-state index contributed by atoms with van der Waals surface area (Å²) in [6.45, 7) is 6.83. The van der Waals surface area contributed by atoms with Gasteiger partial charge in [0.1, 0.15) is 11.8 Å². The molecule has 0 amide bonds. The van der Waals surface area contributed by atoms with Crippen LogP contribution >= 0.6 is 0 Å². The van der Waals surface area contributed by atoms with E-state index < -0.39 is 0 Å². The van der Waals surface area contributed by atoms with Gasteiger partial charge in [0.15, 0.2) is 0 Å². The van der Waals surface area contributed by atoms with Crippen LogP contribution in [0.25, 0.3) is 0 Å². The molecule has 0 aliphatic rings. The molecule has 1 rings (SSSR count). The van der Waals surface area contributed by atoms with Crippen molar-refractivity contribution in [3.63, 3.8) is 0 Å². The number of unbranched alkanes of at least 4 members (excludes halogenated alkanes) is 1. The smallest absolute Gasteiger partial charge is 0.317 e. The molecule has 1 aromatic heterocycles. The second kappa shape index (κ2) is 7.65. The molecular formula is C14H21N3O. The van der Waals surface area contributed by atoms with Gasteiger partial charge in [-0.05, 0) is 25.3 Å². The van der Waals surface area contributed by atoms with Gasteiger partial charge in [0.05, 0.1) is 6.61 Å². The average Bonchev–Trinajstić information content (AvgIpc) is 2.38. The summed E-state index contributed by atoms with van der Waals surface area (Å²) in [6.07, 6.45) is 4.69. The second-order valence-corrected chi connectivity index (χ2v) is 4.52. The monoisotopic (exact) mass is 247 g/mol. The Hall–Kier alpha value is -1.63. The standard InChI is InChI=1S/C14H21N3O/c1-4-6-7-12(5-2)10-18-14-16-11(3)8-13(9-15)17-14/h8,12H,4-7,10H2,1-3H3. The highest BCUT2D eigenvalue weighted by Crippen LogP contribution is 2.14. The summed E-state index contributed by atoms with van der Waals surface area (Å²) in [6, 6.07) is 3.99. The van der Waals surface area contributed by atoms with Crippen molar-refractivity contribution in [2.24, 2.45) is 5.92 Å². The van der Waals surface area contributed by atoms with Crippen LogP contribution in [0.4, 0.5) is 0 Å². The molecule has 0 saturated heterocycles. The van der Waals surface area contributed by atoms with Gasteiger partial charge in [-0.25, -0.2) is 4.98 Å². The Labute approximate surface area is 109 Å². The number of ether oxygens (including phenoxy) is 1. The highest BCUT2D eigenvalue weighted by atomic mass is 16.5. The molecule has 18 heavy (non-hydrogen) atoms. The first kappa shape index (κ1) is 14.4. The molecular weight excluding hydrogens is 226 g/mol. The summed E-state index contributed by atoms with van der Waals surface area (Å²) in [4.78, 5) is 8.23. The van der Waals surface area contributed by atoms with Gasteiger partial charge in [0.25, 0.3) is 0 Å². The quantitative estimate of drug-likeness (QED) is 0.742. The summed E-state index contributed by atoms with van der Waals surface area (Å²) in [5.41, 5.74) is 1.12. The van der Waals surface area contributed by atoms with Crippen molar-refractivity contribution in [1.29, 1.82) is 5.26 Å². The fourth-order valence-electron chi connectivity index (χ4n) is 1.75. The molecule has 0 fully saturated rings. The minimum atomic E-state index is 0.321. The first-order chi connectivity index (χ1) is 8.69. The van der Waals surface area contributed by atoms with Crippen LogP contribution in [0.3, 0.4) is 0 Å². The van der Waals surface area contributed by atoms with Crippen LogP contribution in [0.2, 0.25) is 0 Å². The summed E-state index contributed by atoms with van der Waals surface area (Å²) in [5, 5.41) is 8.83.